The normalized spacial score (nSPS) is 28.4. The molecule has 2 aliphatic heterocycles. The van der Waals surface area contributed by atoms with Crippen molar-refractivity contribution in [1.29, 1.82) is 0 Å². The van der Waals surface area contributed by atoms with Crippen LogP contribution in [-0.4, -0.2) is 35.1 Å². The summed E-state index contributed by atoms with van der Waals surface area (Å²) in [5.74, 6) is 0.910. The van der Waals surface area contributed by atoms with Gasteiger partial charge in [0.1, 0.15) is 5.82 Å². The van der Waals surface area contributed by atoms with Gasteiger partial charge in [-0.3, -0.25) is 4.90 Å². The molecule has 17 heavy (non-hydrogen) atoms. The van der Waals surface area contributed by atoms with Crippen molar-refractivity contribution in [2.24, 2.45) is 0 Å². The Balaban J connectivity index is 1.74. The van der Waals surface area contributed by atoms with E-state index in [0.717, 1.165) is 10.3 Å². The Bertz CT molecular complexity index is 426. The maximum absolute atomic E-state index is 5.89. The predicted molar refractivity (Wildman–Crippen MR) is 73.6 cm³/mol. The largest absolute Gasteiger partial charge is 0.365 e. The van der Waals surface area contributed by atoms with Gasteiger partial charge in [-0.15, -0.1) is 0 Å². The summed E-state index contributed by atoms with van der Waals surface area (Å²) < 4.78 is 0.946. The summed E-state index contributed by atoms with van der Waals surface area (Å²) in [4.78, 5) is 6.93. The molecule has 0 amide bonds. The van der Waals surface area contributed by atoms with Gasteiger partial charge in [-0.1, -0.05) is 11.6 Å². The Morgan fingerprint density at radius 3 is 3.12 bits per heavy atom. The molecule has 5 heteroatoms. The van der Waals surface area contributed by atoms with E-state index in [2.05, 4.69) is 31.1 Å². The molecule has 2 unspecified atom stereocenters. The molecular weight excluding hydrogens is 302 g/mol. The van der Waals surface area contributed by atoms with Crippen LogP contribution < -0.4 is 5.32 Å². The molecule has 2 fully saturated rings. The topological polar surface area (TPSA) is 28.2 Å². The number of anilines is 1. The molecule has 3 heterocycles. The van der Waals surface area contributed by atoms with Gasteiger partial charge in [-0.05, 0) is 47.8 Å². The van der Waals surface area contributed by atoms with Gasteiger partial charge >= 0.3 is 0 Å². The molecule has 2 saturated heterocycles. The van der Waals surface area contributed by atoms with Gasteiger partial charge in [0, 0.05) is 24.8 Å². The molecule has 3 nitrogen and oxygen atoms in total. The van der Waals surface area contributed by atoms with Gasteiger partial charge < -0.3 is 5.32 Å². The lowest BCUT2D eigenvalue weighted by atomic mass is 10.1. The van der Waals surface area contributed by atoms with Crippen molar-refractivity contribution in [3.63, 3.8) is 0 Å². The minimum Gasteiger partial charge on any atom is -0.365 e. The van der Waals surface area contributed by atoms with Crippen LogP contribution in [0.3, 0.4) is 0 Å². The highest BCUT2D eigenvalue weighted by Gasteiger charge is 2.37. The van der Waals surface area contributed by atoms with Crippen LogP contribution in [0.4, 0.5) is 5.82 Å². The number of fused-ring (bicyclic) bond motifs is 1. The highest BCUT2D eigenvalue weighted by atomic mass is 79.9. The van der Waals surface area contributed by atoms with Crippen LogP contribution in [0, 0.1) is 0 Å². The summed E-state index contributed by atoms with van der Waals surface area (Å²) in [6.45, 7) is 2.48. The molecule has 0 saturated carbocycles. The Morgan fingerprint density at radius 2 is 2.29 bits per heavy atom. The van der Waals surface area contributed by atoms with E-state index in [1.807, 2.05) is 6.07 Å². The number of nitrogens with one attached hydrogen (secondary N) is 1. The van der Waals surface area contributed by atoms with E-state index in [1.54, 1.807) is 6.20 Å². The van der Waals surface area contributed by atoms with Crippen molar-refractivity contribution in [3.05, 3.63) is 21.8 Å². The Hall–Kier alpha value is -0.320. The van der Waals surface area contributed by atoms with Crippen LogP contribution in [0.2, 0.25) is 5.02 Å². The summed E-state index contributed by atoms with van der Waals surface area (Å²) in [5, 5.41) is 4.21. The Labute approximate surface area is 115 Å². The summed E-state index contributed by atoms with van der Waals surface area (Å²) in [5.41, 5.74) is 0. The zero-order valence-electron chi connectivity index (χ0n) is 9.50. The fraction of sp³-hybridized carbons (Fsp3) is 0.583. The number of nitrogens with zero attached hydrogens (tertiary/aromatic N) is 2. The van der Waals surface area contributed by atoms with E-state index >= 15 is 0 Å². The third-order valence-electron chi connectivity index (χ3n) is 3.74. The average molecular weight is 317 g/mol. The van der Waals surface area contributed by atoms with Crippen molar-refractivity contribution in [2.75, 3.05) is 18.4 Å². The first-order valence-corrected chi connectivity index (χ1v) is 7.23. The van der Waals surface area contributed by atoms with Gasteiger partial charge in [0.25, 0.3) is 0 Å². The van der Waals surface area contributed by atoms with E-state index in [4.69, 9.17) is 11.6 Å². The smallest absolute Gasteiger partial charge is 0.140 e. The minimum atomic E-state index is 0.530. The molecule has 1 aromatic rings. The lowest BCUT2D eigenvalue weighted by molar-refractivity contribution is 0.318. The second-order valence-corrected chi connectivity index (χ2v) is 6.06. The highest BCUT2D eigenvalue weighted by Crippen LogP contribution is 2.31. The summed E-state index contributed by atoms with van der Waals surface area (Å²) in [6.07, 6.45) is 5.54. The van der Waals surface area contributed by atoms with E-state index in [0.29, 0.717) is 17.1 Å². The fourth-order valence-corrected chi connectivity index (χ4v) is 3.70. The molecule has 0 radical (unpaired) electrons. The molecule has 3 rings (SSSR count). The molecule has 2 atom stereocenters. The zero-order valence-corrected chi connectivity index (χ0v) is 11.8. The van der Waals surface area contributed by atoms with Gasteiger partial charge in [-0.2, -0.15) is 0 Å². The van der Waals surface area contributed by atoms with Crippen LogP contribution >= 0.6 is 27.5 Å². The second kappa shape index (κ2) is 4.75. The van der Waals surface area contributed by atoms with Crippen LogP contribution in [0.5, 0.6) is 0 Å². The first-order valence-electron chi connectivity index (χ1n) is 6.05. The molecular formula is C12H15BrClN3. The summed E-state index contributed by atoms with van der Waals surface area (Å²) in [7, 11) is 0. The van der Waals surface area contributed by atoms with Gasteiger partial charge in [0.2, 0.25) is 0 Å². The maximum Gasteiger partial charge on any atom is 0.140 e. The zero-order chi connectivity index (χ0) is 11.8. The fourth-order valence-electron chi connectivity index (χ4n) is 2.95. The Morgan fingerprint density at radius 1 is 1.41 bits per heavy atom. The molecule has 1 N–H and O–H groups in total. The third kappa shape index (κ3) is 2.30. The lowest BCUT2D eigenvalue weighted by Crippen LogP contribution is -2.34. The quantitative estimate of drug-likeness (QED) is 0.908. The monoisotopic (exact) mass is 315 g/mol. The van der Waals surface area contributed by atoms with E-state index < -0.39 is 0 Å². The molecule has 0 aliphatic carbocycles. The second-order valence-electron chi connectivity index (χ2n) is 4.77. The number of hydrogen-bond acceptors (Lipinski definition) is 3. The number of aromatic nitrogens is 1. The standard InChI is InChI=1S/C12H15BrClN3/c13-9-6-8(14)7-15-12(9)16-10-3-5-17-4-1-2-11(10)17/h6-7,10-11H,1-5H2,(H,15,16). The highest BCUT2D eigenvalue weighted by molar-refractivity contribution is 9.10. The van der Waals surface area contributed by atoms with Crippen LogP contribution in [0.15, 0.2) is 16.7 Å². The van der Waals surface area contributed by atoms with Gasteiger partial charge in [0.05, 0.1) is 9.50 Å². The van der Waals surface area contributed by atoms with Crippen LogP contribution in [-0.2, 0) is 0 Å². The molecule has 2 aliphatic rings. The number of rotatable bonds is 2. The maximum atomic E-state index is 5.89. The number of halogens is 2. The van der Waals surface area contributed by atoms with E-state index in [9.17, 15) is 0 Å². The van der Waals surface area contributed by atoms with Crippen molar-refractivity contribution >= 4 is 33.3 Å². The Kier molecular flexibility index (Phi) is 3.28. The third-order valence-corrected chi connectivity index (χ3v) is 4.55. The van der Waals surface area contributed by atoms with Crippen molar-refractivity contribution in [3.8, 4) is 0 Å². The number of pyridine rings is 1. The number of hydrogen-bond donors (Lipinski definition) is 1. The van der Waals surface area contributed by atoms with E-state index in [-0.39, 0.29) is 0 Å². The lowest BCUT2D eigenvalue weighted by Gasteiger charge is -2.22. The van der Waals surface area contributed by atoms with Crippen molar-refractivity contribution in [1.82, 2.24) is 9.88 Å². The molecule has 0 aromatic carbocycles. The van der Waals surface area contributed by atoms with Crippen molar-refractivity contribution in [2.45, 2.75) is 31.3 Å². The van der Waals surface area contributed by atoms with Crippen molar-refractivity contribution < 1.29 is 0 Å². The first-order chi connectivity index (χ1) is 8.24. The summed E-state index contributed by atoms with van der Waals surface area (Å²) >= 11 is 9.40. The van der Waals surface area contributed by atoms with Crippen LogP contribution in [0.25, 0.3) is 0 Å². The molecule has 1 aromatic heterocycles. The molecule has 0 spiro atoms. The van der Waals surface area contributed by atoms with Gasteiger partial charge in [-0.25, -0.2) is 4.98 Å². The minimum absolute atomic E-state index is 0.530. The summed E-state index contributed by atoms with van der Waals surface area (Å²) in [6, 6.07) is 3.11. The predicted octanol–water partition coefficient (Wildman–Crippen LogP) is 3.15. The van der Waals surface area contributed by atoms with E-state index in [1.165, 1.54) is 32.4 Å². The van der Waals surface area contributed by atoms with Gasteiger partial charge in [0.15, 0.2) is 0 Å². The SMILES string of the molecule is Clc1cnc(NC2CCN3CCCC23)c(Br)c1. The molecule has 92 valence electrons. The first kappa shape index (κ1) is 11.8. The molecule has 0 bridgehead atoms. The average Bonchev–Trinajstić information content (AvgIpc) is 2.86. The van der Waals surface area contributed by atoms with Crippen LogP contribution in [0.1, 0.15) is 19.3 Å².